The van der Waals surface area contributed by atoms with Crippen molar-refractivity contribution in [3.63, 3.8) is 0 Å². The molecule has 0 saturated carbocycles. The maximum absolute atomic E-state index is 12.4. The molecule has 2 heterocycles. The number of nitrogens with zero attached hydrogens (tertiary/aromatic N) is 1. The molecule has 0 fully saturated rings. The molecule has 3 aromatic rings. The van der Waals surface area contributed by atoms with E-state index in [9.17, 15) is 4.79 Å². The molecule has 0 saturated heterocycles. The lowest BCUT2D eigenvalue weighted by atomic mass is 10.1. The number of carbonyl (C=O) groups excluding carboxylic acids is 1. The number of carbonyl (C=O) groups is 1. The highest BCUT2D eigenvalue weighted by Gasteiger charge is 2.16. The van der Waals surface area contributed by atoms with Gasteiger partial charge in [-0.15, -0.1) is 11.3 Å². The number of aromatic nitrogens is 2. The summed E-state index contributed by atoms with van der Waals surface area (Å²) >= 11 is 1.50. The Labute approximate surface area is 127 Å². The van der Waals surface area contributed by atoms with Crippen LogP contribution >= 0.6 is 11.3 Å². The van der Waals surface area contributed by atoms with Crippen LogP contribution in [0.3, 0.4) is 0 Å². The molecule has 0 aliphatic heterocycles. The van der Waals surface area contributed by atoms with Gasteiger partial charge >= 0.3 is 0 Å². The molecule has 2 N–H and O–H groups in total. The number of aryl methyl sites for hydroxylation is 4. The SMILES string of the molecule is Cc1ccc2[nH]c(C(=O)Nc3nc(C)c(C)s3)c(C)c2c1. The van der Waals surface area contributed by atoms with E-state index >= 15 is 0 Å². The third-order valence-electron chi connectivity index (χ3n) is 3.69. The van der Waals surface area contributed by atoms with Crippen molar-refractivity contribution in [2.45, 2.75) is 27.7 Å². The van der Waals surface area contributed by atoms with Crippen LogP contribution < -0.4 is 5.32 Å². The molecular formula is C16H17N3OS. The van der Waals surface area contributed by atoms with Gasteiger partial charge in [0.25, 0.3) is 5.91 Å². The van der Waals surface area contributed by atoms with Crippen LogP contribution in [-0.4, -0.2) is 15.9 Å². The topological polar surface area (TPSA) is 57.8 Å². The monoisotopic (exact) mass is 299 g/mol. The predicted molar refractivity (Wildman–Crippen MR) is 87.3 cm³/mol. The largest absolute Gasteiger partial charge is 0.350 e. The highest BCUT2D eigenvalue weighted by Crippen LogP contribution is 2.25. The van der Waals surface area contributed by atoms with Crippen LogP contribution in [0.5, 0.6) is 0 Å². The molecule has 0 unspecified atom stereocenters. The van der Waals surface area contributed by atoms with Crippen molar-refractivity contribution in [2.24, 2.45) is 0 Å². The molecule has 0 bridgehead atoms. The van der Waals surface area contributed by atoms with Crippen LogP contribution in [-0.2, 0) is 0 Å². The molecule has 1 amide bonds. The molecule has 5 heteroatoms. The number of amides is 1. The number of benzene rings is 1. The summed E-state index contributed by atoms with van der Waals surface area (Å²) in [5.74, 6) is -0.143. The molecule has 4 nitrogen and oxygen atoms in total. The van der Waals surface area contributed by atoms with E-state index in [1.807, 2.05) is 39.8 Å². The molecule has 1 aromatic carbocycles. The number of H-pyrrole nitrogens is 1. The average molecular weight is 299 g/mol. The van der Waals surface area contributed by atoms with E-state index in [0.717, 1.165) is 27.0 Å². The van der Waals surface area contributed by atoms with Crippen molar-refractivity contribution in [3.05, 3.63) is 45.6 Å². The highest BCUT2D eigenvalue weighted by atomic mass is 32.1. The first kappa shape index (κ1) is 13.8. The Morgan fingerprint density at radius 1 is 1.24 bits per heavy atom. The number of hydrogen-bond donors (Lipinski definition) is 2. The first-order valence-electron chi connectivity index (χ1n) is 6.80. The highest BCUT2D eigenvalue weighted by molar-refractivity contribution is 7.15. The summed E-state index contributed by atoms with van der Waals surface area (Å²) in [6, 6.07) is 6.13. The Bertz CT molecular complexity index is 825. The van der Waals surface area contributed by atoms with Gasteiger partial charge in [-0.25, -0.2) is 4.98 Å². The summed E-state index contributed by atoms with van der Waals surface area (Å²) in [4.78, 5) is 21.1. The van der Waals surface area contributed by atoms with Crippen LogP contribution in [0, 0.1) is 27.7 Å². The van der Waals surface area contributed by atoms with Crippen LogP contribution in [0.2, 0.25) is 0 Å². The minimum absolute atomic E-state index is 0.143. The second kappa shape index (κ2) is 5.00. The van der Waals surface area contributed by atoms with E-state index in [1.54, 1.807) is 0 Å². The van der Waals surface area contributed by atoms with Gasteiger partial charge in [0, 0.05) is 15.8 Å². The summed E-state index contributed by atoms with van der Waals surface area (Å²) in [5.41, 5.74) is 4.69. The number of hydrogen-bond acceptors (Lipinski definition) is 3. The fraction of sp³-hybridized carbons (Fsp3) is 0.250. The summed E-state index contributed by atoms with van der Waals surface area (Å²) < 4.78 is 0. The Morgan fingerprint density at radius 3 is 2.67 bits per heavy atom. The molecule has 0 aliphatic rings. The van der Waals surface area contributed by atoms with Crippen molar-refractivity contribution in [3.8, 4) is 0 Å². The second-order valence-electron chi connectivity index (χ2n) is 5.29. The van der Waals surface area contributed by atoms with Crippen molar-refractivity contribution >= 4 is 33.3 Å². The van der Waals surface area contributed by atoms with Gasteiger partial charge in [-0.05, 0) is 45.4 Å². The molecule has 0 aliphatic carbocycles. The van der Waals surface area contributed by atoms with Crippen LogP contribution in [0.15, 0.2) is 18.2 Å². The van der Waals surface area contributed by atoms with E-state index in [4.69, 9.17) is 0 Å². The minimum Gasteiger partial charge on any atom is -0.350 e. The number of anilines is 1. The number of fused-ring (bicyclic) bond motifs is 1. The quantitative estimate of drug-likeness (QED) is 0.748. The van der Waals surface area contributed by atoms with Gasteiger partial charge in [0.05, 0.1) is 5.69 Å². The third kappa shape index (κ3) is 2.45. The number of aromatic amines is 1. The first-order valence-corrected chi connectivity index (χ1v) is 7.61. The van der Waals surface area contributed by atoms with Crippen LogP contribution in [0.4, 0.5) is 5.13 Å². The summed E-state index contributed by atoms with van der Waals surface area (Å²) in [7, 11) is 0. The lowest BCUT2D eigenvalue weighted by Crippen LogP contribution is -2.13. The Morgan fingerprint density at radius 2 is 2.00 bits per heavy atom. The normalized spacial score (nSPS) is 11.0. The number of rotatable bonds is 2. The van der Waals surface area contributed by atoms with Crippen molar-refractivity contribution in [1.82, 2.24) is 9.97 Å². The molecule has 0 radical (unpaired) electrons. The summed E-state index contributed by atoms with van der Waals surface area (Å²) in [5, 5.41) is 4.61. The Kier molecular flexibility index (Phi) is 3.29. The van der Waals surface area contributed by atoms with E-state index in [2.05, 4.69) is 21.4 Å². The summed E-state index contributed by atoms with van der Waals surface area (Å²) in [6.07, 6.45) is 0. The molecule has 108 valence electrons. The third-order valence-corrected chi connectivity index (χ3v) is 4.68. The lowest BCUT2D eigenvalue weighted by Gasteiger charge is -2.00. The number of nitrogens with one attached hydrogen (secondary N) is 2. The molecule has 3 rings (SSSR count). The smallest absolute Gasteiger partial charge is 0.274 e. The Hall–Kier alpha value is -2.14. The lowest BCUT2D eigenvalue weighted by molar-refractivity contribution is 0.102. The van der Waals surface area contributed by atoms with Gasteiger partial charge in [-0.1, -0.05) is 11.6 Å². The van der Waals surface area contributed by atoms with E-state index in [-0.39, 0.29) is 5.91 Å². The zero-order valence-corrected chi connectivity index (χ0v) is 13.3. The van der Waals surface area contributed by atoms with Crippen molar-refractivity contribution < 1.29 is 4.79 Å². The second-order valence-corrected chi connectivity index (χ2v) is 6.49. The van der Waals surface area contributed by atoms with Gasteiger partial charge in [-0.2, -0.15) is 0 Å². The van der Waals surface area contributed by atoms with E-state index in [1.165, 1.54) is 16.9 Å². The maximum atomic E-state index is 12.4. The molecule has 2 aromatic heterocycles. The van der Waals surface area contributed by atoms with Gasteiger partial charge in [0.15, 0.2) is 5.13 Å². The molecular weight excluding hydrogens is 282 g/mol. The molecule has 0 atom stereocenters. The number of thiazole rings is 1. The van der Waals surface area contributed by atoms with E-state index < -0.39 is 0 Å². The fourth-order valence-electron chi connectivity index (χ4n) is 2.35. The minimum atomic E-state index is -0.143. The van der Waals surface area contributed by atoms with E-state index in [0.29, 0.717) is 10.8 Å². The fourth-order valence-corrected chi connectivity index (χ4v) is 3.16. The van der Waals surface area contributed by atoms with Gasteiger partial charge in [0.1, 0.15) is 5.69 Å². The predicted octanol–water partition coefficient (Wildman–Crippen LogP) is 4.11. The van der Waals surface area contributed by atoms with Crippen LogP contribution in [0.25, 0.3) is 10.9 Å². The average Bonchev–Trinajstić information content (AvgIpc) is 2.91. The first-order chi connectivity index (χ1) is 9.95. The van der Waals surface area contributed by atoms with Crippen molar-refractivity contribution in [1.29, 1.82) is 0 Å². The van der Waals surface area contributed by atoms with Gasteiger partial charge in [0.2, 0.25) is 0 Å². The molecule has 21 heavy (non-hydrogen) atoms. The Balaban J connectivity index is 1.96. The van der Waals surface area contributed by atoms with Crippen molar-refractivity contribution in [2.75, 3.05) is 5.32 Å². The van der Waals surface area contributed by atoms with Gasteiger partial charge in [-0.3, -0.25) is 10.1 Å². The zero-order chi connectivity index (χ0) is 15.1. The molecule has 0 spiro atoms. The standard InChI is InChI=1S/C16H17N3OS/c1-8-5-6-13-12(7-8)9(2)14(18-13)15(20)19-16-17-10(3)11(4)21-16/h5-7,18H,1-4H3,(H,17,19,20). The zero-order valence-electron chi connectivity index (χ0n) is 12.5. The van der Waals surface area contributed by atoms with Crippen LogP contribution in [0.1, 0.15) is 32.2 Å². The summed E-state index contributed by atoms with van der Waals surface area (Å²) in [6.45, 7) is 7.95. The van der Waals surface area contributed by atoms with Gasteiger partial charge < -0.3 is 4.98 Å². The maximum Gasteiger partial charge on any atom is 0.274 e.